The van der Waals surface area contributed by atoms with Crippen LogP contribution in [-0.2, 0) is 4.74 Å². The van der Waals surface area contributed by atoms with Crippen molar-refractivity contribution in [2.45, 2.75) is 12.5 Å². The summed E-state index contributed by atoms with van der Waals surface area (Å²) in [6, 6.07) is 0. The SMILES string of the molecule is C=C(Cl)CN1CC[C@H](OC)C1. The number of likely N-dealkylation sites (tertiary alicyclic amines) is 1. The van der Waals surface area contributed by atoms with Gasteiger partial charge in [0.15, 0.2) is 0 Å². The molecule has 1 rings (SSSR count). The first-order valence-corrected chi connectivity index (χ1v) is 4.18. The summed E-state index contributed by atoms with van der Waals surface area (Å²) in [5, 5.41) is 0.710. The molecule has 0 unspecified atom stereocenters. The molecule has 0 aromatic rings. The van der Waals surface area contributed by atoms with Crippen molar-refractivity contribution < 1.29 is 4.74 Å². The lowest BCUT2D eigenvalue weighted by molar-refractivity contribution is 0.109. The lowest BCUT2D eigenvalue weighted by Gasteiger charge is -2.13. The van der Waals surface area contributed by atoms with Crippen LogP contribution in [0.25, 0.3) is 0 Å². The largest absolute Gasteiger partial charge is 0.380 e. The number of rotatable bonds is 3. The zero-order valence-corrected chi connectivity index (χ0v) is 7.60. The highest BCUT2D eigenvalue weighted by molar-refractivity contribution is 6.29. The highest BCUT2D eigenvalue weighted by Gasteiger charge is 2.21. The average molecular weight is 176 g/mol. The van der Waals surface area contributed by atoms with E-state index in [0.717, 1.165) is 26.1 Å². The van der Waals surface area contributed by atoms with Gasteiger partial charge in [0.05, 0.1) is 6.10 Å². The predicted molar refractivity (Wildman–Crippen MR) is 46.8 cm³/mol. The van der Waals surface area contributed by atoms with Crippen molar-refractivity contribution >= 4 is 11.6 Å². The summed E-state index contributed by atoms with van der Waals surface area (Å²) in [4.78, 5) is 2.25. The summed E-state index contributed by atoms with van der Waals surface area (Å²) < 4.78 is 5.21. The molecule has 0 bridgehead atoms. The first kappa shape index (κ1) is 9.04. The van der Waals surface area contributed by atoms with Crippen molar-refractivity contribution in [3.05, 3.63) is 11.6 Å². The second kappa shape index (κ2) is 4.10. The smallest absolute Gasteiger partial charge is 0.0710 e. The Labute approximate surface area is 72.8 Å². The van der Waals surface area contributed by atoms with Gasteiger partial charge in [0, 0.05) is 31.8 Å². The fourth-order valence-corrected chi connectivity index (χ4v) is 1.54. The van der Waals surface area contributed by atoms with Gasteiger partial charge in [-0.2, -0.15) is 0 Å². The highest BCUT2D eigenvalue weighted by Crippen LogP contribution is 2.13. The normalized spacial score (nSPS) is 25.8. The molecule has 1 aliphatic heterocycles. The van der Waals surface area contributed by atoms with Crippen LogP contribution in [-0.4, -0.2) is 37.7 Å². The van der Waals surface area contributed by atoms with Gasteiger partial charge in [0.1, 0.15) is 0 Å². The zero-order chi connectivity index (χ0) is 8.27. The second-order valence-electron chi connectivity index (χ2n) is 2.90. The quantitative estimate of drug-likeness (QED) is 0.644. The molecule has 0 radical (unpaired) electrons. The maximum atomic E-state index is 5.67. The van der Waals surface area contributed by atoms with Gasteiger partial charge < -0.3 is 4.74 Å². The molecule has 11 heavy (non-hydrogen) atoms. The van der Waals surface area contributed by atoms with Gasteiger partial charge in [-0.25, -0.2) is 0 Å². The Hall–Kier alpha value is -0.0500. The van der Waals surface area contributed by atoms with Crippen molar-refractivity contribution in [2.24, 2.45) is 0 Å². The third-order valence-electron chi connectivity index (χ3n) is 1.96. The Balaban J connectivity index is 2.24. The minimum atomic E-state index is 0.394. The lowest BCUT2D eigenvalue weighted by Crippen LogP contribution is -2.23. The molecular formula is C8H14ClNO. The standard InChI is InChI=1S/C8H14ClNO/c1-7(9)5-10-4-3-8(6-10)11-2/h8H,1,3-6H2,2H3/t8-/m0/s1. The molecule has 1 fully saturated rings. The van der Waals surface area contributed by atoms with Crippen molar-refractivity contribution in [1.29, 1.82) is 0 Å². The molecule has 0 saturated carbocycles. The van der Waals surface area contributed by atoms with Crippen LogP contribution in [0.2, 0.25) is 0 Å². The van der Waals surface area contributed by atoms with Crippen molar-refractivity contribution in [1.82, 2.24) is 4.90 Å². The number of nitrogens with zero attached hydrogens (tertiary/aromatic N) is 1. The Kier molecular flexibility index (Phi) is 3.37. The van der Waals surface area contributed by atoms with E-state index in [4.69, 9.17) is 16.3 Å². The van der Waals surface area contributed by atoms with Crippen molar-refractivity contribution in [3.8, 4) is 0 Å². The fraction of sp³-hybridized carbons (Fsp3) is 0.750. The van der Waals surface area contributed by atoms with Crippen LogP contribution < -0.4 is 0 Å². The fourth-order valence-electron chi connectivity index (χ4n) is 1.38. The van der Waals surface area contributed by atoms with Crippen LogP contribution in [0.1, 0.15) is 6.42 Å². The minimum Gasteiger partial charge on any atom is -0.380 e. The monoisotopic (exact) mass is 175 g/mol. The van der Waals surface area contributed by atoms with Crippen LogP contribution in [0.15, 0.2) is 11.6 Å². The summed E-state index contributed by atoms with van der Waals surface area (Å²) in [5.74, 6) is 0. The van der Waals surface area contributed by atoms with Crippen molar-refractivity contribution in [2.75, 3.05) is 26.7 Å². The molecule has 0 aliphatic carbocycles. The summed E-state index contributed by atoms with van der Waals surface area (Å²) in [7, 11) is 1.75. The number of hydrogen-bond acceptors (Lipinski definition) is 2. The molecule has 0 spiro atoms. The topological polar surface area (TPSA) is 12.5 Å². The molecule has 1 atom stereocenters. The van der Waals surface area contributed by atoms with Gasteiger partial charge in [-0.3, -0.25) is 4.90 Å². The van der Waals surface area contributed by atoms with Gasteiger partial charge in [0.2, 0.25) is 0 Å². The summed E-state index contributed by atoms with van der Waals surface area (Å²) in [5.41, 5.74) is 0. The number of halogens is 1. The molecular weight excluding hydrogens is 162 g/mol. The van der Waals surface area contributed by atoms with E-state index in [1.54, 1.807) is 7.11 Å². The summed E-state index contributed by atoms with van der Waals surface area (Å²) in [6.45, 7) is 6.51. The first-order chi connectivity index (χ1) is 5.22. The molecule has 1 saturated heterocycles. The van der Waals surface area contributed by atoms with E-state index in [0.29, 0.717) is 11.1 Å². The molecule has 1 aliphatic rings. The predicted octanol–water partition coefficient (Wildman–Crippen LogP) is 1.46. The molecule has 3 heteroatoms. The third-order valence-corrected chi connectivity index (χ3v) is 2.08. The van der Waals surface area contributed by atoms with E-state index in [-0.39, 0.29) is 0 Å². The van der Waals surface area contributed by atoms with Gasteiger partial charge in [-0.1, -0.05) is 18.2 Å². The third kappa shape index (κ3) is 2.81. The summed E-state index contributed by atoms with van der Waals surface area (Å²) in [6.07, 6.45) is 1.51. The Bertz CT molecular complexity index is 149. The van der Waals surface area contributed by atoms with Crippen LogP contribution in [0.4, 0.5) is 0 Å². The van der Waals surface area contributed by atoms with Crippen LogP contribution in [0.3, 0.4) is 0 Å². The van der Waals surface area contributed by atoms with E-state index in [9.17, 15) is 0 Å². The van der Waals surface area contributed by atoms with E-state index in [1.807, 2.05) is 0 Å². The molecule has 0 aromatic carbocycles. The van der Waals surface area contributed by atoms with E-state index in [1.165, 1.54) is 0 Å². The maximum absolute atomic E-state index is 5.67. The van der Waals surface area contributed by atoms with Crippen molar-refractivity contribution in [3.63, 3.8) is 0 Å². The first-order valence-electron chi connectivity index (χ1n) is 3.81. The Morgan fingerprint density at radius 3 is 3.00 bits per heavy atom. The lowest BCUT2D eigenvalue weighted by atomic mass is 10.3. The van der Waals surface area contributed by atoms with E-state index in [2.05, 4.69) is 11.5 Å². The highest BCUT2D eigenvalue weighted by atomic mass is 35.5. The van der Waals surface area contributed by atoms with Gasteiger partial charge >= 0.3 is 0 Å². The molecule has 0 N–H and O–H groups in total. The molecule has 64 valence electrons. The average Bonchev–Trinajstić information content (AvgIpc) is 2.34. The molecule has 2 nitrogen and oxygen atoms in total. The molecule has 0 amide bonds. The Morgan fingerprint density at radius 1 is 1.82 bits per heavy atom. The van der Waals surface area contributed by atoms with Gasteiger partial charge in [-0.05, 0) is 6.42 Å². The van der Waals surface area contributed by atoms with Crippen LogP contribution >= 0.6 is 11.6 Å². The number of ether oxygens (including phenoxy) is 1. The maximum Gasteiger partial charge on any atom is 0.0710 e. The van der Waals surface area contributed by atoms with E-state index >= 15 is 0 Å². The Morgan fingerprint density at radius 2 is 2.55 bits per heavy atom. The second-order valence-corrected chi connectivity index (χ2v) is 3.43. The molecule has 0 aromatic heterocycles. The summed E-state index contributed by atoms with van der Waals surface area (Å²) >= 11 is 5.67. The number of hydrogen-bond donors (Lipinski definition) is 0. The number of methoxy groups -OCH3 is 1. The van der Waals surface area contributed by atoms with E-state index < -0.39 is 0 Å². The molecule has 1 heterocycles. The van der Waals surface area contributed by atoms with Crippen LogP contribution in [0, 0.1) is 0 Å². The van der Waals surface area contributed by atoms with Gasteiger partial charge in [-0.15, -0.1) is 0 Å². The minimum absolute atomic E-state index is 0.394. The zero-order valence-electron chi connectivity index (χ0n) is 6.85. The van der Waals surface area contributed by atoms with Crippen LogP contribution in [0.5, 0.6) is 0 Å². The van der Waals surface area contributed by atoms with Gasteiger partial charge in [0.25, 0.3) is 0 Å².